The van der Waals surface area contributed by atoms with E-state index in [-0.39, 0.29) is 11.7 Å². The summed E-state index contributed by atoms with van der Waals surface area (Å²) in [6.45, 7) is 3.86. The molecule has 0 aliphatic carbocycles. The third-order valence-corrected chi connectivity index (χ3v) is 2.90. The van der Waals surface area contributed by atoms with Crippen LogP contribution in [0.15, 0.2) is 24.3 Å². The fourth-order valence-electron chi connectivity index (χ4n) is 1.70. The summed E-state index contributed by atoms with van der Waals surface area (Å²) in [6, 6.07) is 6.29. The van der Waals surface area contributed by atoms with Crippen molar-refractivity contribution in [2.24, 2.45) is 5.73 Å². The zero-order chi connectivity index (χ0) is 16.0. The average Bonchev–Trinajstić information content (AvgIpc) is 2.44. The molecule has 0 saturated heterocycles. The van der Waals surface area contributed by atoms with Crippen LogP contribution in [-0.2, 0) is 9.53 Å². The van der Waals surface area contributed by atoms with E-state index in [1.165, 1.54) is 6.07 Å². The predicted octanol–water partition coefficient (Wildman–Crippen LogP) is 3.32. The van der Waals surface area contributed by atoms with Crippen LogP contribution in [0.2, 0.25) is 0 Å². The van der Waals surface area contributed by atoms with Crippen molar-refractivity contribution in [3.8, 4) is 5.75 Å². The molecule has 1 aromatic rings. The summed E-state index contributed by atoms with van der Waals surface area (Å²) in [6.07, 6.45) is -5.23. The van der Waals surface area contributed by atoms with Crippen molar-refractivity contribution in [2.75, 3.05) is 0 Å². The lowest BCUT2D eigenvalue weighted by Gasteiger charge is -2.21. The molecule has 0 fully saturated rings. The van der Waals surface area contributed by atoms with Gasteiger partial charge in [-0.25, -0.2) is 4.79 Å². The molecule has 7 heteroatoms. The molecular formula is C14H18F3NO3. The Balaban J connectivity index is 2.89. The van der Waals surface area contributed by atoms with Crippen LogP contribution in [0.5, 0.6) is 5.75 Å². The van der Waals surface area contributed by atoms with Gasteiger partial charge in [-0.3, -0.25) is 5.73 Å². The van der Waals surface area contributed by atoms with Gasteiger partial charge in [0.2, 0.25) is 0 Å². The maximum atomic E-state index is 12.2. The number of alkyl halides is 3. The molecule has 0 saturated carbocycles. The Morgan fingerprint density at radius 2 is 1.81 bits per heavy atom. The van der Waals surface area contributed by atoms with Crippen LogP contribution in [0.3, 0.4) is 0 Å². The Hall–Kier alpha value is -1.76. The molecule has 118 valence electrons. The lowest BCUT2D eigenvalue weighted by molar-refractivity contribution is -0.205. The summed E-state index contributed by atoms with van der Waals surface area (Å²) < 4.78 is 46.5. The number of hydrogen-bond donors (Lipinski definition) is 1. The zero-order valence-corrected chi connectivity index (χ0v) is 11.8. The summed E-state index contributed by atoms with van der Waals surface area (Å²) in [5.74, 6) is -2.01. The van der Waals surface area contributed by atoms with Crippen molar-refractivity contribution in [1.82, 2.24) is 0 Å². The van der Waals surface area contributed by atoms with Crippen molar-refractivity contribution in [2.45, 2.75) is 45.2 Å². The van der Waals surface area contributed by atoms with Gasteiger partial charge in [-0.1, -0.05) is 32.0 Å². The quantitative estimate of drug-likeness (QED) is 0.647. The number of ether oxygens (including phenoxy) is 2. The Bertz CT molecular complexity index is 473. The lowest BCUT2D eigenvalue weighted by atomic mass is 10.1. The van der Waals surface area contributed by atoms with Crippen LogP contribution < -0.4 is 10.5 Å². The number of hydrogen-bond acceptors (Lipinski definition) is 4. The van der Waals surface area contributed by atoms with E-state index >= 15 is 0 Å². The molecule has 0 heterocycles. The number of carbonyl (C=O) groups excluding carboxylic acids is 1. The number of rotatable bonds is 6. The molecule has 0 radical (unpaired) electrons. The van der Waals surface area contributed by atoms with Crippen molar-refractivity contribution >= 4 is 5.97 Å². The average molecular weight is 305 g/mol. The third-order valence-electron chi connectivity index (χ3n) is 2.90. The van der Waals surface area contributed by atoms with Crippen LogP contribution >= 0.6 is 0 Å². The third kappa shape index (κ3) is 4.93. The number of para-hydroxylation sites is 1. The van der Waals surface area contributed by atoms with Gasteiger partial charge in [0.05, 0.1) is 6.10 Å². The van der Waals surface area contributed by atoms with Crippen molar-refractivity contribution < 1.29 is 27.4 Å². The second kappa shape index (κ2) is 7.31. The minimum Gasteiger partial charge on any atom is -0.490 e. The highest BCUT2D eigenvalue weighted by Crippen LogP contribution is 2.28. The molecule has 1 rings (SSSR count). The number of esters is 1. The summed E-state index contributed by atoms with van der Waals surface area (Å²) in [5, 5.41) is 0. The summed E-state index contributed by atoms with van der Waals surface area (Å²) in [4.78, 5) is 10.8. The molecule has 1 unspecified atom stereocenters. The topological polar surface area (TPSA) is 61.6 Å². The molecular weight excluding hydrogens is 287 g/mol. The second-order valence-corrected chi connectivity index (χ2v) is 4.42. The van der Waals surface area contributed by atoms with Gasteiger partial charge in [0.25, 0.3) is 0 Å². The van der Waals surface area contributed by atoms with Gasteiger partial charge in [0, 0.05) is 5.56 Å². The van der Waals surface area contributed by atoms with Gasteiger partial charge in [-0.2, -0.15) is 13.2 Å². The van der Waals surface area contributed by atoms with Gasteiger partial charge in [0.15, 0.2) is 6.23 Å². The van der Waals surface area contributed by atoms with Gasteiger partial charge < -0.3 is 9.47 Å². The first kappa shape index (κ1) is 17.3. The lowest BCUT2D eigenvalue weighted by Crippen LogP contribution is -2.30. The van der Waals surface area contributed by atoms with Crippen LogP contribution in [-0.4, -0.2) is 18.2 Å². The molecule has 4 nitrogen and oxygen atoms in total. The first-order valence-electron chi connectivity index (χ1n) is 6.58. The summed E-state index contributed by atoms with van der Waals surface area (Å²) in [5.41, 5.74) is 5.73. The van der Waals surface area contributed by atoms with Crippen LogP contribution in [0, 0.1) is 0 Å². The summed E-state index contributed by atoms with van der Waals surface area (Å²) >= 11 is 0. The monoisotopic (exact) mass is 305 g/mol. The maximum Gasteiger partial charge on any atom is 0.490 e. The van der Waals surface area contributed by atoms with E-state index in [0.29, 0.717) is 5.75 Å². The molecule has 0 aromatic heterocycles. The predicted molar refractivity (Wildman–Crippen MR) is 70.5 cm³/mol. The number of nitrogens with two attached hydrogens (primary N) is 1. The van der Waals surface area contributed by atoms with E-state index in [4.69, 9.17) is 10.5 Å². The van der Waals surface area contributed by atoms with E-state index in [9.17, 15) is 18.0 Å². The highest BCUT2D eigenvalue weighted by molar-refractivity contribution is 5.75. The molecule has 0 aliphatic heterocycles. The van der Waals surface area contributed by atoms with Gasteiger partial charge in [0.1, 0.15) is 5.75 Å². The van der Waals surface area contributed by atoms with Crippen LogP contribution in [0.1, 0.15) is 38.5 Å². The zero-order valence-electron chi connectivity index (χ0n) is 11.8. The fraction of sp³-hybridized carbons (Fsp3) is 0.500. The number of benzene rings is 1. The van der Waals surface area contributed by atoms with Gasteiger partial charge >= 0.3 is 12.1 Å². The smallest absolute Gasteiger partial charge is 0.490 e. The van der Waals surface area contributed by atoms with E-state index in [1.807, 2.05) is 13.8 Å². The number of carbonyl (C=O) groups is 1. The minimum absolute atomic E-state index is 0.0864. The van der Waals surface area contributed by atoms with Crippen molar-refractivity contribution in [3.05, 3.63) is 29.8 Å². The van der Waals surface area contributed by atoms with Crippen LogP contribution in [0.4, 0.5) is 13.2 Å². The minimum atomic E-state index is -5.08. The molecule has 0 bridgehead atoms. The van der Waals surface area contributed by atoms with Gasteiger partial charge in [-0.05, 0) is 18.9 Å². The van der Waals surface area contributed by atoms with E-state index in [1.54, 1.807) is 18.2 Å². The SMILES string of the molecule is CCC(CC)Oc1ccccc1C(N)OC(=O)C(F)(F)F. The van der Waals surface area contributed by atoms with E-state index < -0.39 is 18.4 Å². The van der Waals surface area contributed by atoms with E-state index in [0.717, 1.165) is 12.8 Å². The largest absolute Gasteiger partial charge is 0.490 e. The molecule has 21 heavy (non-hydrogen) atoms. The Morgan fingerprint density at radius 1 is 1.24 bits per heavy atom. The standard InChI is InChI=1S/C14H18F3NO3/c1-3-9(4-2)20-11-8-6-5-7-10(11)12(18)21-13(19)14(15,16)17/h5-9,12H,3-4,18H2,1-2H3. The molecule has 2 N–H and O–H groups in total. The maximum absolute atomic E-state index is 12.2. The molecule has 0 amide bonds. The normalized spacial score (nSPS) is 13.1. The Labute approximate surface area is 121 Å². The van der Waals surface area contributed by atoms with Crippen molar-refractivity contribution in [1.29, 1.82) is 0 Å². The molecule has 1 aromatic carbocycles. The molecule has 1 atom stereocenters. The fourth-order valence-corrected chi connectivity index (χ4v) is 1.70. The Kier molecular flexibility index (Phi) is 6.02. The van der Waals surface area contributed by atoms with Crippen LogP contribution in [0.25, 0.3) is 0 Å². The highest BCUT2D eigenvalue weighted by Gasteiger charge is 2.42. The highest BCUT2D eigenvalue weighted by atomic mass is 19.4. The van der Waals surface area contributed by atoms with E-state index in [2.05, 4.69) is 4.74 Å². The number of halogens is 3. The first-order valence-corrected chi connectivity index (χ1v) is 6.58. The first-order chi connectivity index (χ1) is 9.79. The Morgan fingerprint density at radius 3 is 2.33 bits per heavy atom. The molecule has 0 spiro atoms. The van der Waals surface area contributed by atoms with Crippen molar-refractivity contribution in [3.63, 3.8) is 0 Å². The molecule has 0 aliphatic rings. The van der Waals surface area contributed by atoms with Gasteiger partial charge in [-0.15, -0.1) is 0 Å². The second-order valence-electron chi connectivity index (χ2n) is 4.42. The summed E-state index contributed by atoms with van der Waals surface area (Å²) in [7, 11) is 0.